The van der Waals surface area contributed by atoms with E-state index >= 15 is 0 Å². The molecule has 2 N–H and O–H groups in total. The highest BCUT2D eigenvalue weighted by Crippen LogP contribution is 2.12. The highest BCUT2D eigenvalue weighted by molar-refractivity contribution is 7.89. The Bertz CT molecular complexity index is 866. The van der Waals surface area contributed by atoms with E-state index in [-0.39, 0.29) is 10.8 Å². The highest BCUT2D eigenvalue weighted by atomic mass is 32.2. The Labute approximate surface area is 121 Å². The summed E-state index contributed by atoms with van der Waals surface area (Å²) < 4.78 is 24.1. The van der Waals surface area contributed by atoms with Gasteiger partial charge in [-0.15, -0.1) is 4.83 Å². The summed E-state index contributed by atoms with van der Waals surface area (Å²) in [6.07, 6.45) is 1.63. The summed E-state index contributed by atoms with van der Waals surface area (Å²) >= 11 is 0. The maximum Gasteiger partial charge on any atom is 0.257 e. The first kappa shape index (κ1) is 13.5. The second kappa shape index (κ2) is 5.47. The quantitative estimate of drug-likeness (QED) is 0.719. The van der Waals surface area contributed by atoms with Gasteiger partial charge in [0, 0.05) is 11.6 Å². The van der Waals surface area contributed by atoms with Crippen molar-refractivity contribution in [1.29, 1.82) is 0 Å². The number of fused-ring (bicyclic) bond motifs is 1. The molecule has 2 aromatic carbocycles. The number of anilines is 1. The van der Waals surface area contributed by atoms with Gasteiger partial charge in [0.2, 0.25) is 5.95 Å². The van der Waals surface area contributed by atoms with Crippen molar-refractivity contribution in [2.45, 2.75) is 4.90 Å². The van der Waals surface area contributed by atoms with E-state index in [1.54, 1.807) is 24.4 Å². The second-order valence-corrected chi connectivity index (χ2v) is 5.98. The molecule has 6 nitrogen and oxygen atoms in total. The minimum atomic E-state index is -3.65. The zero-order valence-corrected chi connectivity index (χ0v) is 11.7. The van der Waals surface area contributed by atoms with Crippen LogP contribution in [0.1, 0.15) is 0 Å². The van der Waals surface area contributed by atoms with E-state index in [1.165, 1.54) is 12.1 Å². The fraction of sp³-hybridized carbons (Fsp3) is 0. The molecule has 0 radical (unpaired) electrons. The van der Waals surface area contributed by atoms with E-state index in [0.29, 0.717) is 0 Å². The topological polar surface area (TPSA) is 84.0 Å². The Morgan fingerprint density at radius 3 is 2.43 bits per heavy atom. The third-order valence-corrected chi connectivity index (χ3v) is 4.10. The first-order chi connectivity index (χ1) is 10.1. The van der Waals surface area contributed by atoms with E-state index in [2.05, 4.69) is 20.2 Å². The van der Waals surface area contributed by atoms with Crippen molar-refractivity contribution < 1.29 is 8.42 Å². The number of para-hydroxylation sites is 1. The number of hydrogen-bond donors (Lipinski definition) is 2. The van der Waals surface area contributed by atoms with Crippen molar-refractivity contribution in [3.63, 3.8) is 0 Å². The summed E-state index contributed by atoms with van der Waals surface area (Å²) in [4.78, 5) is 10.7. The lowest BCUT2D eigenvalue weighted by molar-refractivity contribution is 0.587. The van der Waals surface area contributed by atoms with Crippen molar-refractivity contribution in [2.24, 2.45) is 0 Å². The zero-order chi connectivity index (χ0) is 14.7. The number of aromatic nitrogens is 2. The number of hydrazine groups is 1. The summed E-state index contributed by atoms with van der Waals surface area (Å²) in [6.45, 7) is 0. The summed E-state index contributed by atoms with van der Waals surface area (Å²) in [5.41, 5.74) is 3.25. The average molecular weight is 300 g/mol. The molecule has 0 bridgehead atoms. The Kier molecular flexibility index (Phi) is 3.51. The predicted molar refractivity (Wildman–Crippen MR) is 79.9 cm³/mol. The van der Waals surface area contributed by atoms with Crippen LogP contribution in [0.3, 0.4) is 0 Å². The van der Waals surface area contributed by atoms with Crippen LogP contribution in [0.4, 0.5) is 5.95 Å². The minimum absolute atomic E-state index is 0.165. The molecule has 21 heavy (non-hydrogen) atoms. The molecule has 0 spiro atoms. The SMILES string of the molecule is O=S(=O)(NNc1ncc2ccccc2n1)c1ccccc1. The van der Waals surface area contributed by atoms with Crippen LogP contribution in [0.25, 0.3) is 10.9 Å². The standard InChI is InChI=1S/C14H12N4O2S/c19-21(20,12-7-2-1-3-8-12)18-17-14-15-10-11-6-4-5-9-13(11)16-14/h1-10,18H,(H,15,16,17). The number of nitrogens with one attached hydrogen (secondary N) is 2. The van der Waals surface area contributed by atoms with Gasteiger partial charge in [-0.2, -0.15) is 0 Å². The fourth-order valence-corrected chi connectivity index (χ4v) is 2.66. The first-order valence-electron chi connectivity index (χ1n) is 6.20. The van der Waals surface area contributed by atoms with Gasteiger partial charge < -0.3 is 0 Å². The number of benzene rings is 2. The van der Waals surface area contributed by atoms with Crippen LogP contribution in [-0.2, 0) is 10.0 Å². The zero-order valence-electron chi connectivity index (χ0n) is 10.9. The van der Waals surface area contributed by atoms with Crippen molar-refractivity contribution in [1.82, 2.24) is 14.8 Å². The van der Waals surface area contributed by atoms with Crippen LogP contribution in [0, 0.1) is 0 Å². The van der Waals surface area contributed by atoms with Gasteiger partial charge in [-0.25, -0.2) is 18.4 Å². The first-order valence-corrected chi connectivity index (χ1v) is 7.68. The Morgan fingerprint density at radius 2 is 1.62 bits per heavy atom. The number of sulfonamides is 1. The fourth-order valence-electron chi connectivity index (χ4n) is 1.80. The molecule has 0 saturated heterocycles. The van der Waals surface area contributed by atoms with Gasteiger partial charge in [0.05, 0.1) is 10.4 Å². The van der Waals surface area contributed by atoms with Crippen molar-refractivity contribution >= 4 is 26.9 Å². The van der Waals surface area contributed by atoms with E-state index in [1.807, 2.05) is 24.3 Å². The Balaban J connectivity index is 1.80. The van der Waals surface area contributed by atoms with Gasteiger partial charge in [0.25, 0.3) is 10.0 Å². The maximum atomic E-state index is 12.0. The molecule has 0 aliphatic heterocycles. The second-order valence-electron chi connectivity index (χ2n) is 4.30. The summed E-state index contributed by atoms with van der Waals surface area (Å²) in [5.74, 6) is 0.188. The minimum Gasteiger partial charge on any atom is -0.276 e. The van der Waals surface area contributed by atoms with Crippen LogP contribution in [0.2, 0.25) is 0 Å². The van der Waals surface area contributed by atoms with Gasteiger partial charge in [-0.05, 0) is 18.2 Å². The van der Waals surface area contributed by atoms with Gasteiger partial charge in [0.15, 0.2) is 0 Å². The van der Waals surface area contributed by atoms with E-state index in [9.17, 15) is 8.42 Å². The van der Waals surface area contributed by atoms with Gasteiger partial charge in [-0.1, -0.05) is 36.4 Å². The highest BCUT2D eigenvalue weighted by Gasteiger charge is 2.13. The molecule has 1 aromatic heterocycles. The molecule has 0 aliphatic carbocycles. The lowest BCUT2D eigenvalue weighted by Gasteiger charge is -2.08. The van der Waals surface area contributed by atoms with Crippen LogP contribution in [0.5, 0.6) is 0 Å². The van der Waals surface area contributed by atoms with Crippen molar-refractivity contribution in [3.8, 4) is 0 Å². The number of nitrogens with zero attached hydrogens (tertiary/aromatic N) is 2. The van der Waals surface area contributed by atoms with E-state index in [0.717, 1.165) is 10.9 Å². The van der Waals surface area contributed by atoms with E-state index < -0.39 is 10.0 Å². The molecule has 0 amide bonds. The molecular formula is C14H12N4O2S. The molecular weight excluding hydrogens is 288 g/mol. The summed E-state index contributed by atoms with van der Waals surface area (Å²) in [5, 5.41) is 0.883. The Hall–Kier alpha value is -2.51. The molecule has 0 atom stereocenters. The van der Waals surface area contributed by atoms with Crippen LogP contribution in [0.15, 0.2) is 65.7 Å². The van der Waals surface area contributed by atoms with Crippen molar-refractivity contribution in [3.05, 3.63) is 60.8 Å². The number of rotatable bonds is 4. The summed E-state index contributed by atoms with van der Waals surface area (Å²) in [7, 11) is -3.65. The van der Waals surface area contributed by atoms with Crippen molar-refractivity contribution in [2.75, 3.05) is 5.43 Å². The van der Waals surface area contributed by atoms with Crippen LogP contribution < -0.4 is 10.3 Å². The smallest absolute Gasteiger partial charge is 0.257 e. The third kappa shape index (κ3) is 2.99. The monoisotopic (exact) mass is 300 g/mol. The largest absolute Gasteiger partial charge is 0.276 e. The molecule has 0 saturated carbocycles. The van der Waals surface area contributed by atoms with Gasteiger partial charge in [0.1, 0.15) is 0 Å². The predicted octanol–water partition coefficient (Wildman–Crippen LogP) is 1.94. The molecule has 1 heterocycles. The number of hydrogen-bond acceptors (Lipinski definition) is 5. The van der Waals surface area contributed by atoms with Gasteiger partial charge >= 0.3 is 0 Å². The van der Waals surface area contributed by atoms with E-state index in [4.69, 9.17) is 0 Å². The summed E-state index contributed by atoms with van der Waals surface area (Å²) in [6, 6.07) is 15.5. The van der Waals surface area contributed by atoms with Crippen LogP contribution >= 0.6 is 0 Å². The molecule has 0 unspecified atom stereocenters. The third-order valence-electron chi connectivity index (χ3n) is 2.84. The molecule has 0 fully saturated rings. The molecule has 0 aliphatic rings. The van der Waals surface area contributed by atoms with Gasteiger partial charge in [-0.3, -0.25) is 5.43 Å². The molecule has 3 rings (SSSR count). The molecule has 3 aromatic rings. The lowest BCUT2D eigenvalue weighted by Crippen LogP contribution is -2.30. The molecule has 106 valence electrons. The Morgan fingerprint density at radius 1 is 0.905 bits per heavy atom. The maximum absolute atomic E-state index is 12.0. The molecule has 7 heteroatoms. The lowest BCUT2D eigenvalue weighted by atomic mass is 10.2. The normalized spacial score (nSPS) is 11.4. The average Bonchev–Trinajstić information content (AvgIpc) is 2.54. The van der Waals surface area contributed by atoms with Crippen LogP contribution in [-0.4, -0.2) is 18.4 Å².